The molecule has 4 rings (SSSR count). The number of ether oxygens (including phenoxy) is 1. The van der Waals surface area contributed by atoms with Crippen molar-refractivity contribution in [1.29, 1.82) is 0 Å². The van der Waals surface area contributed by atoms with Crippen LogP contribution in [0.3, 0.4) is 0 Å². The summed E-state index contributed by atoms with van der Waals surface area (Å²) in [6.07, 6.45) is 3.28. The lowest BCUT2D eigenvalue weighted by atomic mass is 9.81. The number of amides is 4. The summed E-state index contributed by atoms with van der Waals surface area (Å²) in [5.41, 5.74) is 1.54. The second-order valence-electron chi connectivity index (χ2n) is 8.44. The van der Waals surface area contributed by atoms with Crippen LogP contribution in [0.5, 0.6) is 0 Å². The van der Waals surface area contributed by atoms with Crippen molar-refractivity contribution in [2.24, 2.45) is 11.8 Å². The molecule has 1 saturated carbocycles. The van der Waals surface area contributed by atoms with Crippen LogP contribution in [0.2, 0.25) is 0 Å². The Hall–Kier alpha value is -4.01. The molecular formula is C25H25N3O6. The normalized spacial score (nSPS) is 19.4. The molecule has 0 spiro atoms. The second kappa shape index (κ2) is 9.86. The fourth-order valence-corrected chi connectivity index (χ4v) is 4.44. The van der Waals surface area contributed by atoms with Crippen molar-refractivity contribution in [3.8, 4) is 0 Å². The Bertz CT molecular complexity index is 1120. The van der Waals surface area contributed by atoms with Gasteiger partial charge in [0.15, 0.2) is 6.61 Å². The summed E-state index contributed by atoms with van der Waals surface area (Å²) in [7, 11) is 0. The van der Waals surface area contributed by atoms with Gasteiger partial charge in [-0.2, -0.15) is 0 Å². The van der Waals surface area contributed by atoms with Gasteiger partial charge in [0.2, 0.25) is 17.7 Å². The molecule has 0 radical (unpaired) electrons. The van der Waals surface area contributed by atoms with Gasteiger partial charge in [0.25, 0.3) is 5.91 Å². The molecule has 0 aromatic heterocycles. The van der Waals surface area contributed by atoms with Gasteiger partial charge in [0.1, 0.15) is 0 Å². The number of rotatable bonds is 6. The number of nitrogens with one attached hydrogen (secondary N) is 2. The summed E-state index contributed by atoms with van der Waals surface area (Å²) in [5, 5.41) is 5.22. The maximum absolute atomic E-state index is 12.8. The van der Waals surface area contributed by atoms with Crippen molar-refractivity contribution >= 4 is 46.7 Å². The number of carbonyl (C=O) groups excluding carboxylic acids is 5. The molecule has 9 heteroatoms. The van der Waals surface area contributed by atoms with E-state index >= 15 is 0 Å². The minimum atomic E-state index is -0.741. The highest BCUT2D eigenvalue weighted by atomic mass is 16.5. The van der Waals surface area contributed by atoms with Crippen LogP contribution in [-0.2, 0) is 23.9 Å². The van der Waals surface area contributed by atoms with Crippen LogP contribution in [-0.4, -0.2) is 36.2 Å². The van der Waals surface area contributed by atoms with Gasteiger partial charge in [-0.15, -0.1) is 0 Å². The molecule has 34 heavy (non-hydrogen) atoms. The average molecular weight is 463 g/mol. The number of esters is 1. The average Bonchev–Trinajstić information content (AvgIpc) is 3.08. The van der Waals surface area contributed by atoms with Gasteiger partial charge in [0.05, 0.1) is 23.1 Å². The molecular weight excluding hydrogens is 438 g/mol. The first kappa shape index (κ1) is 23.2. The zero-order valence-corrected chi connectivity index (χ0v) is 18.7. The van der Waals surface area contributed by atoms with Crippen molar-refractivity contribution in [2.75, 3.05) is 22.1 Å². The minimum Gasteiger partial charge on any atom is -0.452 e. The Kier molecular flexibility index (Phi) is 6.72. The number of carbonyl (C=O) groups is 5. The molecule has 4 amide bonds. The van der Waals surface area contributed by atoms with Gasteiger partial charge in [-0.3, -0.25) is 24.1 Å². The van der Waals surface area contributed by atoms with Crippen LogP contribution in [0.1, 0.15) is 43.0 Å². The van der Waals surface area contributed by atoms with Gasteiger partial charge < -0.3 is 15.4 Å². The summed E-state index contributed by atoms with van der Waals surface area (Å²) in [4.78, 5) is 62.5. The number of hydrogen-bond acceptors (Lipinski definition) is 6. The van der Waals surface area contributed by atoms with Crippen molar-refractivity contribution in [3.05, 3.63) is 54.1 Å². The van der Waals surface area contributed by atoms with Gasteiger partial charge >= 0.3 is 5.97 Å². The van der Waals surface area contributed by atoms with E-state index in [1.807, 2.05) is 0 Å². The minimum absolute atomic E-state index is 0.139. The first-order valence-electron chi connectivity index (χ1n) is 11.2. The van der Waals surface area contributed by atoms with Crippen molar-refractivity contribution in [1.82, 2.24) is 0 Å². The molecule has 2 N–H and O–H groups in total. The molecule has 2 fully saturated rings. The van der Waals surface area contributed by atoms with E-state index in [-0.39, 0.29) is 35.1 Å². The quantitative estimate of drug-likeness (QED) is 0.501. The van der Waals surface area contributed by atoms with Crippen molar-refractivity contribution in [2.45, 2.75) is 32.6 Å². The molecule has 0 unspecified atom stereocenters. The monoisotopic (exact) mass is 463 g/mol. The van der Waals surface area contributed by atoms with E-state index < -0.39 is 18.5 Å². The third-order valence-electron chi connectivity index (χ3n) is 6.00. The van der Waals surface area contributed by atoms with Crippen LogP contribution in [0, 0.1) is 11.8 Å². The van der Waals surface area contributed by atoms with E-state index in [0.717, 1.165) is 12.8 Å². The molecule has 2 aromatic carbocycles. The first-order valence-corrected chi connectivity index (χ1v) is 11.2. The van der Waals surface area contributed by atoms with Gasteiger partial charge in [-0.1, -0.05) is 18.9 Å². The molecule has 0 bridgehead atoms. The largest absolute Gasteiger partial charge is 0.452 e. The Morgan fingerprint density at radius 3 is 2.09 bits per heavy atom. The highest BCUT2D eigenvalue weighted by molar-refractivity contribution is 6.22. The summed E-state index contributed by atoms with van der Waals surface area (Å²) in [5.74, 6) is -2.49. The molecule has 1 aliphatic carbocycles. The number of anilines is 3. The van der Waals surface area contributed by atoms with Crippen LogP contribution < -0.4 is 15.5 Å². The number of imide groups is 1. The summed E-state index contributed by atoms with van der Waals surface area (Å²) < 4.78 is 5.11. The molecule has 176 valence electrons. The van der Waals surface area contributed by atoms with E-state index in [4.69, 9.17) is 4.74 Å². The molecule has 1 aliphatic heterocycles. The fourth-order valence-electron chi connectivity index (χ4n) is 4.44. The number of benzene rings is 2. The maximum Gasteiger partial charge on any atom is 0.338 e. The molecule has 9 nitrogen and oxygen atoms in total. The summed E-state index contributed by atoms with van der Waals surface area (Å²) in [6, 6.07) is 12.6. The molecule has 1 saturated heterocycles. The molecule has 2 atom stereocenters. The third kappa shape index (κ3) is 4.98. The van der Waals surface area contributed by atoms with E-state index in [0.29, 0.717) is 29.9 Å². The predicted octanol–water partition coefficient (Wildman–Crippen LogP) is 3.12. The molecule has 1 heterocycles. The lowest BCUT2D eigenvalue weighted by Crippen LogP contribution is -2.31. The molecule has 2 aliphatic rings. The fraction of sp³-hybridized carbons (Fsp3) is 0.320. The highest BCUT2D eigenvalue weighted by Crippen LogP contribution is 2.40. The highest BCUT2D eigenvalue weighted by Gasteiger charge is 2.48. The van der Waals surface area contributed by atoms with E-state index in [9.17, 15) is 24.0 Å². The predicted molar refractivity (Wildman–Crippen MR) is 124 cm³/mol. The SMILES string of the molecule is CC(=O)Nc1ccc(NC(=O)COC(=O)c2cccc(N3C(=O)[C@@H]4CCCC[C@H]4C3=O)c2)cc1. The number of hydrogen-bond donors (Lipinski definition) is 2. The van der Waals surface area contributed by atoms with Gasteiger partial charge in [-0.25, -0.2) is 4.79 Å². The van der Waals surface area contributed by atoms with Gasteiger partial charge in [0, 0.05) is 18.3 Å². The second-order valence-corrected chi connectivity index (χ2v) is 8.44. The Labute approximate surface area is 196 Å². The smallest absolute Gasteiger partial charge is 0.338 e. The Balaban J connectivity index is 1.35. The van der Waals surface area contributed by atoms with Crippen LogP contribution >= 0.6 is 0 Å². The summed E-state index contributed by atoms with van der Waals surface area (Å²) in [6.45, 7) is 0.884. The number of nitrogens with zero attached hydrogens (tertiary/aromatic N) is 1. The zero-order chi connectivity index (χ0) is 24.2. The topological polar surface area (TPSA) is 122 Å². The zero-order valence-electron chi connectivity index (χ0n) is 18.7. The van der Waals surface area contributed by atoms with Gasteiger partial charge in [-0.05, 0) is 55.3 Å². The standard InChI is InChI=1S/C25H25N3O6/c1-15(29)26-17-9-11-18(12-10-17)27-22(30)14-34-25(33)16-5-4-6-19(13-16)28-23(31)20-7-2-3-8-21(20)24(28)32/h4-6,9-13,20-21H,2-3,7-8,14H2,1H3,(H,26,29)(H,27,30)/t20-,21-/m1/s1. The maximum atomic E-state index is 12.8. The van der Waals surface area contributed by atoms with Crippen LogP contribution in [0.25, 0.3) is 0 Å². The molecule has 2 aromatic rings. The first-order chi connectivity index (χ1) is 16.3. The van der Waals surface area contributed by atoms with Crippen molar-refractivity contribution in [3.63, 3.8) is 0 Å². The lowest BCUT2D eigenvalue weighted by Gasteiger charge is -2.19. The number of fused-ring (bicyclic) bond motifs is 1. The van der Waals surface area contributed by atoms with Crippen LogP contribution in [0.15, 0.2) is 48.5 Å². The van der Waals surface area contributed by atoms with E-state index in [2.05, 4.69) is 10.6 Å². The summed E-state index contributed by atoms with van der Waals surface area (Å²) >= 11 is 0. The van der Waals surface area contributed by atoms with E-state index in [1.165, 1.54) is 24.0 Å². The van der Waals surface area contributed by atoms with Crippen molar-refractivity contribution < 1.29 is 28.7 Å². The Morgan fingerprint density at radius 2 is 1.50 bits per heavy atom. The lowest BCUT2D eigenvalue weighted by molar-refractivity contribution is -0.122. The third-order valence-corrected chi connectivity index (χ3v) is 6.00. The Morgan fingerprint density at radius 1 is 0.912 bits per heavy atom. The van der Waals surface area contributed by atoms with Crippen LogP contribution in [0.4, 0.5) is 17.1 Å². The van der Waals surface area contributed by atoms with E-state index in [1.54, 1.807) is 36.4 Å².